The van der Waals surface area contributed by atoms with Gasteiger partial charge in [-0.25, -0.2) is 9.37 Å². The molecule has 0 bridgehead atoms. The lowest BCUT2D eigenvalue weighted by Crippen LogP contribution is -2.26. The van der Waals surface area contributed by atoms with E-state index < -0.39 is 0 Å². The second-order valence-electron chi connectivity index (χ2n) is 6.84. The number of H-pyrrole nitrogens is 2. The molecule has 3 N–H and O–H groups in total. The van der Waals surface area contributed by atoms with Crippen LogP contribution < -0.4 is 10.9 Å². The minimum Gasteiger partial charge on any atom is -0.361 e. The van der Waals surface area contributed by atoms with Crippen molar-refractivity contribution >= 4 is 10.9 Å². The smallest absolute Gasteiger partial charge is 0.251 e. The minimum atomic E-state index is -0.254. The number of hydrogen-bond acceptors (Lipinski definition) is 3. The van der Waals surface area contributed by atoms with Crippen molar-refractivity contribution in [2.75, 3.05) is 0 Å². The van der Waals surface area contributed by atoms with Gasteiger partial charge in [-0.2, -0.15) is 0 Å². The zero-order chi connectivity index (χ0) is 19.5. The number of nitrogens with one attached hydrogen (secondary N) is 3. The summed E-state index contributed by atoms with van der Waals surface area (Å²) >= 11 is 0. The maximum absolute atomic E-state index is 14.0. The van der Waals surface area contributed by atoms with E-state index in [9.17, 15) is 9.18 Å². The number of aryl methyl sites for hydroxylation is 1. The number of fused-ring (bicyclic) bond motifs is 1. The molecule has 2 aromatic heterocycles. The molecule has 0 saturated heterocycles. The van der Waals surface area contributed by atoms with Gasteiger partial charge < -0.3 is 15.3 Å². The highest BCUT2D eigenvalue weighted by Crippen LogP contribution is 2.24. The fourth-order valence-corrected chi connectivity index (χ4v) is 3.46. The van der Waals surface area contributed by atoms with Crippen molar-refractivity contribution in [2.24, 2.45) is 0 Å². The van der Waals surface area contributed by atoms with Gasteiger partial charge in [0.15, 0.2) is 0 Å². The van der Waals surface area contributed by atoms with Crippen LogP contribution in [0.5, 0.6) is 0 Å². The molecule has 0 amide bonds. The highest BCUT2D eigenvalue weighted by atomic mass is 19.1. The quantitative estimate of drug-likeness (QED) is 0.480. The van der Waals surface area contributed by atoms with E-state index in [1.54, 1.807) is 19.1 Å². The van der Waals surface area contributed by atoms with E-state index in [-0.39, 0.29) is 17.4 Å². The van der Waals surface area contributed by atoms with E-state index >= 15 is 0 Å². The van der Waals surface area contributed by atoms with E-state index in [1.807, 2.05) is 30.5 Å². The van der Waals surface area contributed by atoms with Crippen LogP contribution in [0.4, 0.5) is 4.39 Å². The van der Waals surface area contributed by atoms with E-state index in [4.69, 9.17) is 0 Å². The monoisotopic (exact) mass is 376 g/mol. The van der Waals surface area contributed by atoms with Gasteiger partial charge in [-0.15, -0.1) is 0 Å². The molecule has 142 valence electrons. The van der Waals surface area contributed by atoms with Crippen molar-refractivity contribution in [3.8, 4) is 0 Å². The topological polar surface area (TPSA) is 73.6 Å². The van der Waals surface area contributed by atoms with Crippen LogP contribution in [0.2, 0.25) is 0 Å². The van der Waals surface area contributed by atoms with Gasteiger partial charge in [0.05, 0.1) is 11.7 Å². The van der Waals surface area contributed by atoms with Gasteiger partial charge in [0.25, 0.3) is 5.56 Å². The Labute approximate surface area is 161 Å². The predicted molar refractivity (Wildman–Crippen MR) is 108 cm³/mol. The lowest BCUT2D eigenvalue weighted by atomic mass is 10.0. The second kappa shape index (κ2) is 7.78. The van der Waals surface area contributed by atoms with Gasteiger partial charge in [-0.1, -0.05) is 36.4 Å². The summed E-state index contributed by atoms with van der Waals surface area (Å²) in [5.74, 6) is 0.301. The maximum atomic E-state index is 14.0. The predicted octanol–water partition coefficient (Wildman–Crippen LogP) is 3.77. The number of rotatable bonds is 6. The Morgan fingerprint density at radius 3 is 2.71 bits per heavy atom. The second-order valence-corrected chi connectivity index (χ2v) is 6.84. The lowest BCUT2D eigenvalue weighted by Gasteiger charge is -2.19. The molecule has 0 fully saturated rings. The first-order valence-electron chi connectivity index (χ1n) is 9.20. The zero-order valence-electron chi connectivity index (χ0n) is 15.5. The van der Waals surface area contributed by atoms with Gasteiger partial charge in [0, 0.05) is 35.3 Å². The fourth-order valence-electron chi connectivity index (χ4n) is 3.46. The molecule has 2 heterocycles. The van der Waals surface area contributed by atoms with Crippen LogP contribution in [-0.2, 0) is 13.0 Å². The van der Waals surface area contributed by atoms with Crippen molar-refractivity contribution < 1.29 is 4.39 Å². The molecule has 0 spiro atoms. The molecule has 0 aliphatic rings. The molecule has 0 saturated carbocycles. The number of aromatic nitrogens is 3. The zero-order valence-corrected chi connectivity index (χ0v) is 15.5. The molecule has 0 aliphatic heterocycles. The summed E-state index contributed by atoms with van der Waals surface area (Å²) in [4.78, 5) is 22.4. The first kappa shape index (κ1) is 18.1. The summed E-state index contributed by atoms with van der Waals surface area (Å²) in [5.41, 5.74) is 3.19. The first-order valence-corrected chi connectivity index (χ1v) is 9.20. The molecule has 4 aromatic rings. The highest BCUT2D eigenvalue weighted by Gasteiger charge is 2.17. The molecule has 0 radical (unpaired) electrons. The Bertz CT molecular complexity index is 1160. The average molecular weight is 376 g/mol. The Morgan fingerprint density at radius 1 is 1.11 bits per heavy atom. The van der Waals surface area contributed by atoms with Gasteiger partial charge in [0.1, 0.15) is 11.6 Å². The van der Waals surface area contributed by atoms with Crippen LogP contribution in [0.1, 0.15) is 28.7 Å². The largest absolute Gasteiger partial charge is 0.361 e. The van der Waals surface area contributed by atoms with Crippen molar-refractivity contribution in [3.05, 3.63) is 99.6 Å². The molecule has 4 rings (SSSR count). The number of aromatic amines is 2. The summed E-state index contributed by atoms with van der Waals surface area (Å²) in [6.07, 6.45) is 2.59. The highest BCUT2D eigenvalue weighted by molar-refractivity contribution is 5.83. The molecular formula is C22H21FN4O. The lowest BCUT2D eigenvalue weighted by molar-refractivity contribution is 0.502. The molecule has 0 aliphatic carbocycles. The van der Waals surface area contributed by atoms with Gasteiger partial charge in [-0.3, -0.25) is 4.79 Å². The Hall–Kier alpha value is -3.25. The third-order valence-corrected chi connectivity index (χ3v) is 4.83. The molecule has 28 heavy (non-hydrogen) atoms. The number of halogens is 1. The first-order chi connectivity index (χ1) is 13.6. The Kier molecular flexibility index (Phi) is 5.04. The van der Waals surface area contributed by atoms with Crippen LogP contribution in [0.25, 0.3) is 10.9 Å². The average Bonchev–Trinajstić information content (AvgIpc) is 3.08. The number of para-hydroxylation sites is 1. The van der Waals surface area contributed by atoms with E-state index in [0.29, 0.717) is 30.0 Å². The van der Waals surface area contributed by atoms with Crippen molar-refractivity contribution in [1.29, 1.82) is 0 Å². The summed E-state index contributed by atoms with van der Waals surface area (Å²) < 4.78 is 14.0. The Balaban J connectivity index is 1.66. The van der Waals surface area contributed by atoms with E-state index in [2.05, 4.69) is 26.3 Å². The van der Waals surface area contributed by atoms with Gasteiger partial charge >= 0.3 is 0 Å². The standard InChI is InChI=1S/C22H21FN4O/c1-14-26-21(11-22(28)27-14)20(25-12-15-6-2-4-8-18(15)23)10-16-13-24-19-9-5-3-7-17(16)19/h2-9,11,13,20,24-25H,10,12H2,1H3,(H,26,27,28)/t20-/m0/s1. The fraction of sp³-hybridized carbons (Fsp3) is 0.182. The number of hydrogen-bond donors (Lipinski definition) is 3. The third kappa shape index (κ3) is 3.87. The normalized spacial score (nSPS) is 12.4. The van der Waals surface area contributed by atoms with Crippen molar-refractivity contribution in [2.45, 2.75) is 25.9 Å². The number of benzene rings is 2. The van der Waals surface area contributed by atoms with Crippen molar-refractivity contribution in [1.82, 2.24) is 20.3 Å². The van der Waals surface area contributed by atoms with Crippen LogP contribution in [-0.4, -0.2) is 15.0 Å². The van der Waals surface area contributed by atoms with Crippen LogP contribution in [0, 0.1) is 12.7 Å². The van der Waals surface area contributed by atoms with Gasteiger partial charge in [0.2, 0.25) is 0 Å². The van der Waals surface area contributed by atoms with Crippen LogP contribution in [0.3, 0.4) is 0 Å². The SMILES string of the molecule is Cc1nc([C@H](Cc2c[nH]c3ccccc23)NCc2ccccc2F)cc(=O)[nH]1. The molecule has 2 aromatic carbocycles. The third-order valence-electron chi connectivity index (χ3n) is 4.83. The van der Waals surface area contributed by atoms with Crippen molar-refractivity contribution in [3.63, 3.8) is 0 Å². The summed E-state index contributed by atoms with van der Waals surface area (Å²) in [6.45, 7) is 2.09. The van der Waals surface area contributed by atoms with Crippen LogP contribution in [0.15, 0.2) is 65.6 Å². The Morgan fingerprint density at radius 2 is 1.89 bits per heavy atom. The summed E-state index contributed by atoms with van der Waals surface area (Å²) in [7, 11) is 0. The summed E-state index contributed by atoms with van der Waals surface area (Å²) in [5, 5.41) is 4.51. The van der Waals surface area contributed by atoms with Gasteiger partial charge in [-0.05, 0) is 31.0 Å². The number of nitrogens with zero attached hydrogens (tertiary/aromatic N) is 1. The molecule has 5 nitrogen and oxygen atoms in total. The molecule has 6 heteroatoms. The summed E-state index contributed by atoms with van der Waals surface area (Å²) in [6, 6.07) is 16.0. The maximum Gasteiger partial charge on any atom is 0.251 e. The molecular weight excluding hydrogens is 355 g/mol. The van der Waals surface area contributed by atoms with E-state index in [1.165, 1.54) is 12.1 Å². The van der Waals surface area contributed by atoms with E-state index in [0.717, 1.165) is 16.5 Å². The van der Waals surface area contributed by atoms with Crippen LogP contribution >= 0.6 is 0 Å². The molecule has 0 unspecified atom stereocenters. The minimum absolute atomic E-state index is 0.195. The molecule has 1 atom stereocenters.